The lowest BCUT2D eigenvalue weighted by atomic mass is 10.1. The highest BCUT2D eigenvalue weighted by Gasteiger charge is 2.21. The second kappa shape index (κ2) is 16.7. The van der Waals surface area contributed by atoms with Crippen LogP contribution in [-0.2, 0) is 14.1 Å². The number of rotatable bonds is 20. The monoisotopic (exact) mass is 505 g/mol. The van der Waals surface area contributed by atoms with E-state index in [2.05, 4.69) is 17.2 Å². The van der Waals surface area contributed by atoms with E-state index in [0.29, 0.717) is 11.2 Å². The minimum atomic E-state index is -0.310. The third-order valence-corrected chi connectivity index (χ3v) is 7.22. The number of aliphatic hydroxyl groups is 1. The number of aromatic nitrogens is 4. The van der Waals surface area contributed by atoms with Gasteiger partial charge in [0.05, 0.1) is 18.6 Å². The molecule has 2 unspecified atom stereocenters. The SMILES string of the molecule is CCCCCCCCCCNC(CCCCCCCCC(C)O)n1c(=O)c2c(ncn2C)n(C)c1=O. The Kier molecular flexibility index (Phi) is 14.1. The van der Waals surface area contributed by atoms with Gasteiger partial charge in [-0.1, -0.05) is 90.4 Å². The highest BCUT2D eigenvalue weighted by molar-refractivity contribution is 5.69. The summed E-state index contributed by atoms with van der Waals surface area (Å²) in [4.78, 5) is 30.8. The molecule has 0 bridgehead atoms. The molecule has 0 aliphatic heterocycles. The van der Waals surface area contributed by atoms with Gasteiger partial charge in [0.2, 0.25) is 0 Å². The van der Waals surface area contributed by atoms with Gasteiger partial charge in [0.1, 0.15) is 0 Å². The Morgan fingerprint density at radius 3 is 2.03 bits per heavy atom. The van der Waals surface area contributed by atoms with Crippen LogP contribution in [0.15, 0.2) is 15.9 Å². The number of aryl methyl sites for hydroxylation is 2. The zero-order valence-corrected chi connectivity index (χ0v) is 23.3. The standard InChI is InChI=1S/C28H51N5O3/c1-5-6-7-8-9-12-15-18-21-29-24(20-17-14-11-10-13-16-19-23(2)34)33-27(35)25-26(30-22-31(25)3)32(4)28(33)36/h22-24,29,34H,5-21H2,1-4H3. The summed E-state index contributed by atoms with van der Waals surface area (Å²) >= 11 is 0. The highest BCUT2D eigenvalue weighted by Crippen LogP contribution is 2.15. The number of nitrogens with one attached hydrogen (secondary N) is 1. The van der Waals surface area contributed by atoms with Crippen LogP contribution >= 0.6 is 0 Å². The Labute approximate surface area is 217 Å². The molecule has 2 rings (SSSR count). The van der Waals surface area contributed by atoms with Crippen molar-refractivity contribution < 1.29 is 5.11 Å². The van der Waals surface area contributed by atoms with Crippen molar-refractivity contribution in [3.63, 3.8) is 0 Å². The van der Waals surface area contributed by atoms with E-state index in [4.69, 9.17) is 0 Å². The molecule has 0 amide bonds. The Hall–Kier alpha value is -1.93. The third-order valence-electron chi connectivity index (χ3n) is 7.22. The quantitative estimate of drug-likeness (QED) is 0.242. The molecule has 0 radical (unpaired) electrons. The number of unbranched alkanes of at least 4 members (excludes halogenated alkanes) is 12. The van der Waals surface area contributed by atoms with Crippen molar-refractivity contribution in [3.05, 3.63) is 27.2 Å². The fourth-order valence-corrected chi connectivity index (χ4v) is 4.97. The number of hydrogen-bond donors (Lipinski definition) is 2. The first-order chi connectivity index (χ1) is 17.4. The maximum absolute atomic E-state index is 13.4. The van der Waals surface area contributed by atoms with Crippen molar-refractivity contribution in [3.8, 4) is 0 Å². The largest absolute Gasteiger partial charge is 0.393 e. The number of fused-ring (bicyclic) bond motifs is 1. The van der Waals surface area contributed by atoms with Gasteiger partial charge in [0.15, 0.2) is 11.2 Å². The van der Waals surface area contributed by atoms with E-state index < -0.39 is 0 Å². The molecule has 2 atom stereocenters. The lowest BCUT2D eigenvalue weighted by Gasteiger charge is -2.22. The van der Waals surface area contributed by atoms with Crippen molar-refractivity contribution in [2.24, 2.45) is 14.1 Å². The van der Waals surface area contributed by atoms with Gasteiger partial charge in [-0.05, 0) is 32.7 Å². The molecule has 0 fully saturated rings. The second-order valence-corrected chi connectivity index (χ2v) is 10.5. The molecule has 0 saturated heterocycles. The maximum Gasteiger partial charge on any atom is 0.333 e. The zero-order valence-electron chi connectivity index (χ0n) is 23.3. The number of nitrogens with zero attached hydrogens (tertiary/aromatic N) is 4. The maximum atomic E-state index is 13.4. The molecule has 0 aliphatic carbocycles. The van der Waals surface area contributed by atoms with Crippen molar-refractivity contribution in [1.29, 1.82) is 0 Å². The Morgan fingerprint density at radius 2 is 1.42 bits per heavy atom. The summed E-state index contributed by atoms with van der Waals surface area (Å²) in [6.45, 7) is 4.89. The topological polar surface area (TPSA) is 94.1 Å². The first kappa shape index (κ1) is 30.3. The molecule has 2 N–H and O–H groups in total. The average Bonchev–Trinajstić information content (AvgIpc) is 3.24. The van der Waals surface area contributed by atoms with Crippen molar-refractivity contribution in [2.75, 3.05) is 6.54 Å². The van der Waals surface area contributed by atoms with Crippen LogP contribution in [0.25, 0.3) is 11.2 Å². The van der Waals surface area contributed by atoms with Crippen LogP contribution < -0.4 is 16.6 Å². The normalized spacial score (nSPS) is 13.5. The lowest BCUT2D eigenvalue weighted by molar-refractivity contribution is 0.180. The predicted octanol–water partition coefficient (Wildman–Crippen LogP) is 5.16. The molecule has 0 saturated carbocycles. The van der Waals surface area contributed by atoms with Crippen LogP contribution in [0.1, 0.15) is 123 Å². The van der Waals surface area contributed by atoms with Crippen LogP contribution in [0.2, 0.25) is 0 Å². The zero-order chi connectivity index (χ0) is 26.3. The number of aliphatic hydroxyl groups excluding tert-OH is 1. The van der Waals surface area contributed by atoms with E-state index in [9.17, 15) is 14.7 Å². The smallest absolute Gasteiger partial charge is 0.333 e. The molecular formula is C28H51N5O3. The molecular weight excluding hydrogens is 454 g/mol. The molecule has 2 aromatic heterocycles. The predicted molar refractivity (Wildman–Crippen MR) is 148 cm³/mol. The summed E-state index contributed by atoms with van der Waals surface area (Å²) in [5.41, 5.74) is 0.328. The van der Waals surface area contributed by atoms with E-state index in [1.165, 1.54) is 54.1 Å². The first-order valence-corrected chi connectivity index (χ1v) is 14.4. The average molecular weight is 506 g/mol. The van der Waals surface area contributed by atoms with Crippen molar-refractivity contribution >= 4 is 11.2 Å². The molecule has 2 aromatic rings. The number of hydrogen-bond acceptors (Lipinski definition) is 5. The minimum Gasteiger partial charge on any atom is -0.393 e. The van der Waals surface area contributed by atoms with E-state index in [1.807, 2.05) is 6.92 Å². The molecule has 0 aromatic carbocycles. The molecule has 8 nitrogen and oxygen atoms in total. The van der Waals surface area contributed by atoms with Crippen LogP contribution in [0.5, 0.6) is 0 Å². The van der Waals surface area contributed by atoms with Crippen LogP contribution in [-0.4, -0.2) is 36.4 Å². The molecule has 206 valence electrons. The van der Waals surface area contributed by atoms with Gasteiger partial charge in [-0.3, -0.25) is 14.7 Å². The van der Waals surface area contributed by atoms with E-state index in [1.54, 1.807) is 25.0 Å². The number of imidazole rings is 1. The molecule has 8 heteroatoms. The highest BCUT2D eigenvalue weighted by atomic mass is 16.3. The van der Waals surface area contributed by atoms with Gasteiger partial charge >= 0.3 is 5.69 Å². The van der Waals surface area contributed by atoms with Gasteiger partial charge in [0, 0.05) is 14.1 Å². The molecule has 36 heavy (non-hydrogen) atoms. The van der Waals surface area contributed by atoms with Crippen LogP contribution in [0.4, 0.5) is 0 Å². The van der Waals surface area contributed by atoms with E-state index >= 15 is 0 Å². The summed E-state index contributed by atoms with van der Waals surface area (Å²) in [6.07, 6.45) is 19.3. The van der Waals surface area contributed by atoms with Crippen LogP contribution in [0, 0.1) is 0 Å². The Morgan fingerprint density at radius 1 is 0.861 bits per heavy atom. The van der Waals surface area contributed by atoms with Gasteiger partial charge in [-0.2, -0.15) is 0 Å². The summed E-state index contributed by atoms with van der Waals surface area (Å²) in [6, 6.07) is 0. The first-order valence-electron chi connectivity index (χ1n) is 14.4. The molecule has 0 aliphatic rings. The van der Waals surface area contributed by atoms with Crippen molar-refractivity contribution in [1.82, 2.24) is 24.0 Å². The summed E-state index contributed by atoms with van der Waals surface area (Å²) in [7, 11) is 3.49. The van der Waals surface area contributed by atoms with E-state index in [0.717, 1.165) is 64.3 Å². The third kappa shape index (κ3) is 9.51. The fourth-order valence-electron chi connectivity index (χ4n) is 4.97. The van der Waals surface area contributed by atoms with Crippen molar-refractivity contribution in [2.45, 2.75) is 129 Å². The lowest BCUT2D eigenvalue weighted by Crippen LogP contribution is -2.46. The summed E-state index contributed by atoms with van der Waals surface area (Å²) < 4.78 is 4.61. The van der Waals surface area contributed by atoms with Gasteiger partial charge in [0.25, 0.3) is 5.56 Å². The molecule has 0 spiro atoms. The van der Waals surface area contributed by atoms with Gasteiger partial charge in [-0.15, -0.1) is 0 Å². The fraction of sp³-hybridized carbons (Fsp3) is 0.821. The van der Waals surface area contributed by atoms with Gasteiger partial charge < -0.3 is 9.67 Å². The summed E-state index contributed by atoms with van der Waals surface area (Å²) in [5.74, 6) is 0. The van der Waals surface area contributed by atoms with E-state index in [-0.39, 0.29) is 23.5 Å². The Balaban J connectivity index is 1.96. The van der Waals surface area contributed by atoms with Crippen LogP contribution in [0.3, 0.4) is 0 Å². The Bertz CT molecular complexity index is 991. The molecule has 2 heterocycles. The van der Waals surface area contributed by atoms with Gasteiger partial charge in [-0.25, -0.2) is 14.3 Å². The summed E-state index contributed by atoms with van der Waals surface area (Å²) in [5, 5.41) is 12.9. The minimum absolute atomic E-state index is 0.212. The second-order valence-electron chi connectivity index (χ2n) is 10.5.